The van der Waals surface area contributed by atoms with Gasteiger partial charge in [0.2, 0.25) is 11.9 Å². The normalized spacial score (nSPS) is 16.8. The van der Waals surface area contributed by atoms with E-state index in [2.05, 4.69) is 39.8 Å². The Morgan fingerprint density at radius 1 is 0.706 bits per heavy atom. The van der Waals surface area contributed by atoms with Gasteiger partial charge in [0.05, 0.1) is 7.11 Å². The first kappa shape index (κ1) is 22.4. The molecule has 0 unspecified atom stereocenters. The molecule has 2 aromatic carbocycles. The highest BCUT2D eigenvalue weighted by Gasteiger charge is 2.22. The summed E-state index contributed by atoms with van der Waals surface area (Å²) in [5.41, 5.74) is 3.00. The van der Waals surface area contributed by atoms with Crippen molar-refractivity contribution in [2.75, 3.05) is 35.7 Å². The van der Waals surface area contributed by atoms with Crippen molar-refractivity contribution in [2.45, 2.75) is 57.3 Å². The first-order valence-corrected chi connectivity index (χ1v) is 12.6. The van der Waals surface area contributed by atoms with Gasteiger partial charge in [-0.25, -0.2) is 0 Å². The minimum atomic E-state index is 0.442. The fraction of sp³-hybridized carbons (Fsp3) is 0.444. The first-order chi connectivity index (χ1) is 16.8. The van der Waals surface area contributed by atoms with Crippen molar-refractivity contribution in [3.05, 3.63) is 54.4 Å². The summed E-state index contributed by atoms with van der Waals surface area (Å²) in [5.74, 6) is 3.72. The van der Waals surface area contributed by atoms with Gasteiger partial charge < -0.3 is 20.3 Å². The number of nitrogens with zero attached hydrogens (tertiary/aromatic N) is 4. The van der Waals surface area contributed by atoms with Crippen LogP contribution in [0, 0.1) is 0 Å². The molecule has 7 heteroatoms. The van der Waals surface area contributed by atoms with Gasteiger partial charge in [-0.2, -0.15) is 15.0 Å². The lowest BCUT2D eigenvalue weighted by molar-refractivity contribution is 0.415. The van der Waals surface area contributed by atoms with Crippen molar-refractivity contribution in [3.63, 3.8) is 0 Å². The van der Waals surface area contributed by atoms with Crippen molar-refractivity contribution in [1.29, 1.82) is 0 Å². The maximum absolute atomic E-state index is 5.23. The Balaban J connectivity index is 1.32. The molecule has 1 saturated carbocycles. The van der Waals surface area contributed by atoms with Gasteiger partial charge in [0.15, 0.2) is 0 Å². The van der Waals surface area contributed by atoms with E-state index in [1.807, 2.05) is 24.3 Å². The molecule has 0 atom stereocenters. The minimum absolute atomic E-state index is 0.442. The van der Waals surface area contributed by atoms with Crippen LogP contribution in [0.3, 0.4) is 0 Å². The summed E-state index contributed by atoms with van der Waals surface area (Å²) in [4.78, 5) is 16.9. The lowest BCUT2D eigenvalue weighted by Crippen LogP contribution is -2.31. The smallest absolute Gasteiger partial charge is 0.232 e. The Bertz CT molecular complexity index is 1020. The largest absolute Gasteiger partial charge is 0.497 e. The summed E-state index contributed by atoms with van der Waals surface area (Å²) < 4.78 is 5.23. The molecule has 2 N–H and O–H groups in total. The van der Waals surface area contributed by atoms with Crippen LogP contribution in [0.15, 0.2) is 48.5 Å². The third kappa shape index (κ3) is 5.58. The Kier molecular flexibility index (Phi) is 7.08. The summed E-state index contributed by atoms with van der Waals surface area (Å²) in [7, 11) is 1.67. The summed E-state index contributed by atoms with van der Waals surface area (Å²) in [6, 6.07) is 16.1. The van der Waals surface area contributed by atoms with Gasteiger partial charge in [-0.1, -0.05) is 19.3 Å². The zero-order valence-electron chi connectivity index (χ0n) is 20.0. The number of hydrogen-bond donors (Lipinski definition) is 2. The number of hydrogen-bond acceptors (Lipinski definition) is 7. The number of rotatable bonds is 7. The molecule has 5 rings (SSSR count). The Morgan fingerprint density at radius 2 is 1.29 bits per heavy atom. The molecule has 178 valence electrons. The highest BCUT2D eigenvalue weighted by molar-refractivity contribution is 5.64. The van der Waals surface area contributed by atoms with Crippen molar-refractivity contribution in [2.24, 2.45) is 0 Å². The topological polar surface area (TPSA) is 75.2 Å². The van der Waals surface area contributed by atoms with Crippen LogP contribution in [0.2, 0.25) is 0 Å². The second kappa shape index (κ2) is 10.7. The van der Waals surface area contributed by atoms with Crippen LogP contribution in [0.5, 0.6) is 5.75 Å². The molecule has 2 fully saturated rings. The van der Waals surface area contributed by atoms with E-state index >= 15 is 0 Å². The number of nitrogens with one attached hydrogen (secondary N) is 2. The Labute approximate surface area is 202 Å². The zero-order chi connectivity index (χ0) is 23.2. The van der Waals surface area contributed by atoms with E-state index in [4.69, 9.17) is 19.7 Å². The number of benzene rings is 2. The molecule has 7 nitrogen and oxygen atoms in total. The lowest BCUT2D eigenvalue weighted by atomic mass is 9.89. The van der Waals surface area contributed by atoms with Gasteiger partial charge in [-0.05, 0) is 80.6 Å². The molecule has 1 aromatic heterocycles. The number of piperidine rings is 1. The fourth-order valence-corrected chi connectivity index (χ4v) is 4.82. The average molecular weight is 459 g/mol. The van der Waals surface area contributed by atoms with E-state index in [1.54, 1.807) is 7.11 Å². The molecule has 1 saturated heterocycles. The van der Waals surface area contributed by atoms with Crippen LogP contribution < -0.4 is 20.3 Å². The number of anilines is 5. The van der Waals surface area contributed by atoms with E-state index < -0.39 is 0 Å². The summed E-state index contributed by atoms with van der Waals surface area (Å²) in [6.45, 7) is 2.05. The third-order valence-electron chi connectivity index (χ3n) is 6.77. The van der Waals surface area contributed by atoms with Crippen LogP contribution in [0.1, 0.15) is 63.1 Å². The van der Waals surface area contributed by atoms with Gasteiger partial charge in [-0.3, -0.25) is 0 Å². The molecule has 34 heavy (non-hydrogen) atoms. The highest BCUT2D eigenvalue weighted by Crippen LogP contribution is 2.32. The predicted molar refractivity (Wildman–Crippen MR) is 138 cm³/mol. The summed E-state index contributed by atoms with van der Waals surface area (Å²) in [5, 5.41) is 6.86. The number of aromatic nitrogens is 3. The highest BCUT2D eigenvalue weighted by atomic mass is 16.5. The van der Waals surface area contributed by atoms with Gasteiger partial charge >= 0.3 is 0 Å². The second-order valence-corrected chi connectivity index (χ2v) is 9.26. The molecule has 0 spiro atoms. The van der Waals surface area contributed by atoms with E-state index in [9.17, 15) is 0 Å². The van der Waals surface area contributed by atoms with Crippen LogP contribution >= 0.6 is 0 Å². The molecule has 1 aliphatic heterocycles. The molecular formula is C27H34N6O. The summed E-state index contributed by atoms with van der Waals surface area (Å²) >= 11 is 0. The number of methoxy groups -OCH3 is 1. The monoisotopic (exact) mass is 458 g/mol. The number of ether oxygens (including phenoxy) is 1. The van der Waals surface area contributed by atoms with Gasteiger partial charge in [0.1, 0.15) is 11.6 Å². The molecule has 0 radical (unpaired) electrons. The lowest BCUT2D eigenvalue weighted by Gasteiger charge is -2.28. The van der Waals surface area contributed by atoms with Gasteiger partial charge in [-0.15, -0.1) is 0 Å². The van der Waals surface area contributed by atoms with Crippen LogP contribution in [0.4, 0.5) is 29.0 Å². The summed E-state index contributed by atoms with van der Waals surface area (Å²) in [6.07, 6.45) is 9.90. The molecule has 0 bridgehead atoms. The van der Waals surface area contributed by atoms with Crippen LogP contribution in [-0.4, -0.2) is 35.2 Å². The Hall–Kier alpha value is -3.35. The van der Waals surface area contributed by atoms with E-state index in [-0.39, 0.29) is 0 Å². The zero-order valence-corrected chi connectivity index (χ0v) is 20.0. The van der Waals surface area contributed by atoms with E-state index in [0.717, 1.165) is 47.7 Å². The van der Waals surface area contributed by atoms with Crippen molar-refractivity contribution in [1.82, 2.24) is 15.0 Å². The molecule has 3 aromatic rings. The average Bonchev–Trinajstić information content (AvgIpc) is 2.91. The molecule has 1 aliphatic carbocycles. The van der Waals surface area contributed by atoms with Crippen molar-refractivity contribution >= 4 is 29.0 Å². The molecule has 0 amide bonds. The van der Waals surface area contributed by atoms with Crippen molar-refractivity contribution in [3.8, 4) is 5.75 Å². The molecular weight excluding hydrogens is 424 g/mol. The first-order valence-electron chi connectivity index (χ1n) is 12.6. The van der Waals surface area contributed by atoms with Gasteiger partial charge in [0.25, 0.3) is 0 Å². The second-order valence-electron chi connectivity index (χ2n) is 9.26. The van der Waals surface area contributed by atoms with E-state index in [0.29, 0.717) is 11.9 Å². The van der Waals surface area contributed by atoms with Gasteiger partial charge in [0, 0.05) is 36.1 Å². The minimum Gasteiger partial charge on any atom is -0.497 e. The van der Waals surface area contributed by atoms with Crippen LogP contribution in [0.25, 0.3) is 0 Å². The fourth-order valence-electron chi connectivity index (χ4n) is 4.82. The van der Waals surface area contributed by atoms with Crippen molar-refractivity contribution < 1.29 is 4.74 Å². The molecule has 2 heterocycles. The predicted octanol–water partition coefficient (Wildman–Crippen LogP) is 6.41. The maximum atomic E-state index is 5.23. The SMILES string of the molecule is COc1ccc(Nc2ccc(Nc3nc(C4CCCCC4)nc(N4CCCCC4)n3)cc2)cc1. The molecule has 2 aliphatic rings. The van der Waals surface area contributed by atoms with E-state index in [1.165, 1.54) is 51.4 Å². The third-order valence-corrected chi connectivity index (χ3v) is 6.77. The quantitative estimate of drug-likeness (QED) is 0.424. The standard InChI is InChI=1S/C27H34N6O/c1-34-24-16-14-22(15-17-24)28-21-10-12-23(13-11-21)29-26-30-25(20-8-4-2-5-9-20)31-27(32-26)33-18-6-3-7-19-33/h10-17,20,28H,2-9,18-19H2,1H3,(H,29,30,31,32). The maximum Gasteiger partial charge on any atom is 0.232 e. The van der Waals surface area contributed by atoms with Crippen LogP contribution in [-0.2, 0) is 0 Å². The Morgan fingerprint density at radius 3 is 1.94 bits per heavy atom.